The summed E-state index contributed by atoms with van der Waals surface area (Å²) in [5, 5.41) is 3.36. The normalized spacial score (nSPS) is 20.7. The van der Waals surface area contributed by atoms with Crippen molar-refractivity contribution in [3.63, 3.8) is 0 Å². The van der Waals surface area contributed by atoms with Crippen molar-refractivity contribution in [2.24, 2.45) is 4.99 Å². The number of halogens is 1. The number of nitrogens with one attached hydrogen (secondary N) is 1. The van der Waals surface area contributed by atoms with Crippen LogP contribution >= 0.6 is 24.0 Å². The van der Waals surface area contributed by atoms with Gasteiger partial charge in [0.15, 0.2) is 5.96 Å². The summed E-state index contributed by atoms with van der Waals surface area (Å²) in [6.07, 6.45) is 4.62. The maximum atomic E-state index is 12.4. The Labute approximate surface area is 174 Å². The van der Waals surface area contributed by atoms with Crippen molar-refractivity contribution in [1.29, 1.82) is 0 Å². The maximum absolute atomic E-state index is 12.4. The van der Waals surface area contributed by atoms with Crippen molar-refractivity contribution in [3.8, 4) is 0 Å². The average Bonchev–Trinajstić information content (AvgIpc) is 3.16. The first-order valence-electron chi connectivity index (χ1n) is 9.64. The Hall–Kier alpha value is -1.31. The van der Waals surface area contributed by atoms with E-state index in [0.29, 0.717) is 5.92 Å². The molecule has 0 radical (unpaired) electrons. The predicted octanol–water partition coefficient (Wildman–Crippen LogP) is 3.07. The number of amides is 1. The van der Waals surface area contributed by atoms with E-state index in [-0.39, 0.29) is 36.4 Å². The summed E-state index contributed by atoms with van der Waals surface area (Å²) >= 11 is 0. The molecular weight excluding hydrogens is 439 g/mol. The minimum absolute atomic E-state index is 0. The molecule has 6 heteroatoms. The number of guanidine groups is 1. The van der Waals surface area contributed by atoms with E-state index in [1.54, 1.807) is 0 Å². The molecule has 0 bridgehead atoms. The Morgan fingerprint density at radius 3 is 2.54 bits per heavy atom. The molecule has 1 amide bonds. The van der Waals surface area contributed by atoms with Crippen LogP contribution in [0.3, 0.4) is 0 Å². The van der Waals surface area contributed by atoms with Crippen molar-refractivity contribution in [2.75, 3.05) is 39.3 Å². The minimum atomic E-state index is 0. The highest BCUT2D eigenvalue weighted by atomic mass is 127. The molecule has 1 aromatic rings. The second-order valence-electron chi connectivity index (χ2n) is 6.95. The molecule has 2 aliphatic heterocycles. The van der Waals surface area contributed by atoms with Crippen LogP contribution in [0.15, 0.2) is 35.3 Å². The first-order chi connectivity index (χ1) is 12.3. The molecule has 1 aromatic carbocycles. The van der Waals surface area contributed by atoms with E-state index in [0.717, 1.165) is 57.9 Å². The Bertz CT molecular complexity index is 587. The van der Waals surface area contributed by atoms with Gasteiger partial charge < -0.3 is 15.1 Å². The summed E-state index contributed by atoms with van der Waals surface area (Å²) in [5.41, 5.74) is 1.39. The zero-order valence-electron chi connectivity index (χ0n) is 15.7. The molecule has 2 saturated heterocycles. The fraction of sp³-hybridized carbons (Fsp3) is 0.600. The van der Waals surface area contributed by atoms with Crippen LogP contribution in [0.2, 0.25) is 0 Å². The third-order valence-corrected chi connectivity index (χ3v) is 5.17. The highest BCUT2D eigenvalue weighted by Crippen LogP contribution is 2.26. The number of hydrogen-bond donors (Lipinski definition) is 1. The molecule has 26 heavy (non-hydrogen) atoms. The van der Waals surface area contributed by atoms with Crippen LogP contribution in [0, 0.1) is 0 Å². The highest BCUT2D eigenvalue weighted by Gasteiger charge is 2.26. The van der Waals surface area contributed by atoms with E-state index >= 15 is 0 Å². The summed E-state index contributed by atoms with van der Waals surface area (Å²) in [4.78, 5) is 21.3. The fourth-order valence-corrected chi connectivity index (χ4v) is 3.76. The van der Waals surface area contributed by atoms with E-state index < -0.39 is 0 Å². The Morgan fingerprint density at radius 2 is 1.85 bits per heavy atom. The third kappa shape index (κ3) is 5.59. The lowest BCUT2D eigenvalue weighted by molar-refractivity contribution is -0.130. The molecule has 0 aromatic heterocycles. The molecule has 2 fully saturated rings. The number of likely N-dealkylation sites (tertiary alicyclic amines) is 2. The van der Waals surface area contributed by atoms with Gasteiger partial charge in [-0.1, -0.05) is 30.3 Å². The number of carbonyl (C=O) groups excluding carboxylic acids is 1. The molecule has 1 unspecified atom stereocenters. The van der Waals surface area contributed by atoms with Gasteiger partial charge in [-0.2, -0.15) is 0 Å². The first kappa shape index (κ1) is 21.0. The van der Waals surface area contributed by atoms with E-state index in [2.05, 4.69) is 52.5 Å². The van der Waals surface area contributed by atoms with Gasteiger partial charge >= 0.3 is 0 Å². The molecule has 2 heterocycles. The van der Waals surface area contributed by atoms with Crippen molar-refractivity contribution < 1.29 is 4.79 Å². The number of rotatable bonds is 4. The van der Waals surface area contributed by atoms with Crippen LogP contribution < -0.4 is 5.32 Å². The van der Waals surface area contributed by atoms with Crippen molar-refractivity contribution in [1.82, 2.24) is 15.1 Å². The molecule has 0 spiro atoms. The molecule has 3 rings (SSSR count). The second kappa shape index (κ2) is 10.7. The van der Waals surface area contributed by atoms with Crippen molar-refractivity contribution >= 4 is 35.8 Å². The van der Waals surface area contributed by atoms with Gasteiger partial charge in [-0.15, -0.1) is 24.0 Å². The SMILES string of the molecule is CCNC(=NCC(=O)N1CCCCC1)N1CCC(c2ccccc2)C1.I. The van der Waals surface area contributed by atoms with Gasteiger partial charge in [0.1, 0.15) is 6.54 Å². The molecule has 2 aliphatic rings. The molecule has 1 N–H and O–H groups in total. The van der Waals surface area contributed by atoms with Gasteiger partial charge in [0.25, 0.3) is 0 Å². The zero-order valence-corrected chi connectivity index (χ0v) is 18.0. The molecule has 0 aliphatic carbocycles. The van der Waals surface area contributed by atoms with Crippen LogP contribution in [0.25, 0.3) is 0 Å². The third-order valence-electron chi connectivity index (χ3n) is 5.17. The Morgan fingerprint density at radius 1 is 1.12 bits per heavy atom. The standard InChI is InChI=1S/C20H30N4O.HI/c1-2-21-20(22-15-19(25)23-12-7-4-8-13-23)24-14-11-18(16-24)17-9-5-3-6-10-17;/h3,5-6,9-10,18H,2,4,7-8,11-16H2,1H3,(H,21,22);1H. The largest absolute Gasteiger partial charge is 0.357 e. The molecule has 1 atom stereocenters. The minimum Gasteiger partial charge on any atom is -0.357 e. The van der Waals surface area contributed by atoms with Crippen LogP contribution in [0.5, 0.6) is 0 Å². The van der Waals surface area contributed by atoms with Gasteiger partial charge in [-0.25, -0.2) is 4.99 Å². The average molecular weight is 470 g/mol. The Balaban J connectivity index is 0.00000243. The fourth-order valence-electron chi connectivity index (χ4n) is 3.76. The van der Waals surface area contributed by atoms with Gasteiger partial charge in [0.05, 0.1) is 0 Å². The lowest BCUT2D eigenvalue weighted by Crippen LogP contribution is -2.42. The molecule has 0 saturated carbocycles. The van der Waals surface area contributed by atoms with Crippen LogP contribution in [0.1, 0.15) is 44.1 Å². The number of piperidine rings is 1. The number of nitrogens with zero attached hydrogens (tertiary/aromatic N) is 3. The first-order valence-corrected chi connectivity index (χ1v) is 9.64. The lowest BCUT2D eigenvalue weighted by Gasteiger charge is -2.26. The van der Waals surface area contributed by atoms with E-state index in [1.807, 2.05) is 4.90 Å². The summed E-state index contributed by atoms with van der Waals surface area (Å²) in [6.45, 7) is 6.90. The Kier molecular flexibility index (Phi) is 8.68. The number of benzene rings is 1. The molecule has 5 nitrogen and oxygen atoms in total. The number of hydrogen-bond acceptors (Lipinski definition) is 2. The van der Waals surface area contributed by atoms with Crippen LogP contribution in [0.4, 0.5) is 0 Å². The zero-order chi connectivity index (χ0) is 17.5. The maximum Gasteiger partial charge on any atom is 0.244 e. The van der Waals surface area contributed by atoms with Gasteiger partial charge in [-0.05, 0) is 38.2 Å². The van der Waals surface area contributed by atoms with Gasteiger partial charge in [0, 0.05) is 38.6 Å². The van der Waals surface area contributed by atoms with Crippen molar-refractivity contribution in [3.05, 3.63) is 35.9 Å². The van der Waals surface area contributed by atoms with E-state index in [9.17, 15) is 4.79 Å². The van der Waals surface area contributed by atoms with Crippen LogP contribution in [-0.2, 0) is 4.79 Å². The van der Waals surface area contributed by atoms with Gasteiger partial charge in [-0.3, -0.25) is 4.79 Å². The number of carbonyl (C=O) groups is 1. The quantitative estimate of drug-likeness (QED) is 0.418. The highest BCUT2D eigenvalue weighted by molar-refractivity contribution is 14.0. The van der Waals surface area contributed by atoms with E-state index in [1.165, 1.54) is 12.0 Å². The smallest absolute Gasteiger partial charge is 0.244 e. The lowest BCUT2D eigenvalue weighted by atomic mass is 9.99. The summed E-state index contributed by atoms with van der Waals surface area (Å²) < 4.78 is 0. The van der Waals surface area contributed by atoms with E-state index in [4.69, 9.17) is 0 Å². The molecule has 144 valence electrons. The summed E-state index contributed by atoms with van der Waals surface area (Å²) in [6, 6.07) is 10.7. The summed E-state index contributed by atoms with van der Waals surface area (Å²) in [5.74, 6) is 1.59. The van der Waals surface area contributed by atoms with Crippen molar-refractivity contribution in [2.45, 2.75) is 38.5 Å². The predicted molar refractivity (Wildman–Crippen MR) is 117 cm³/mol. The second-order valence-corrected chi connectivity index (χ2v) is 6.95. The molecular formula is C20H31IN4O. The summed E-state index contributed by atoms with van der Waals surface area (Å²) in [7, 11) is 0. The van der Waals surface area contributed by atoms with Gasteiger partial charge in [0.2, 0.25) is 5.91 Å². The topological polar surface area (TPSA) is 47.9 Å². The monoisotopic (exact) mass is 470 g/mol. The number of aliphatic imine (C=N–C) groups is 1. The van der Waals surface area contributed by atoms with Crippen LogP contribution in [-0.4, -0.2) is 60.9 Å².